The molecule has 3 heteroatoms. The van der Waals surface area contributed by atoms with Gasteiger partial charge in [0.25, 0.3) is 0 Å². The van der Waals surface area contributed by atoms with Crippen molar-refractivity contribution in [2.24, 2.45) is 17.6 Å². The molecule has 0 aromatic carbocycles. The van der Waals surface area contributed by atoms with Gasteiger partial charge in [-0.2, -0.15) is 0 Å². The van der Waals surface area contributed by atoms with Crippen molar-refractivity contribution in [3.05, 3.63) is 16.1 Å². The molecule has 2 N–H and O–H groups in total. The van der Waals surface area contributed by atoms with Crippen LogP contribution in [0.2, 0.25) is 0 Å². The average molecular weight is 224 g/mol. The minimum atomic E-state index is 0.129. The third-order valence-corrected chi connectivity index (χ3v) is 4.07. The lowest BCUT2D eigenvalue weighted by molar-refractivity contribution is 0.503. The van der Waals surface area contributed by atoms with E-state index >= 15 is 0 Å². The van der Waals surface area contributed by atoms with Gasteiger partial charge in [-0.3, -0.25) is 0 Å². The molecule has 0 saturated heterocycles. The Morgan fingerprint density at radius 2 is 2.27 bits per heavy atom. The SMILES string of the molecule is CC(C)CC(N)c1csc(C2CC2C)n1. The molecule has 0 radical (unpaired) electrons. The third-order valence-electron chi connectivity index (χ3n) is 3.07. The maximum Gasteiger partial charge on any atom is 0.0962 e. The van der Waals surface area contributed by atoms with Crippen LogP contribution in [0.4, 0.5) is 0 Å². The van der Waals surface area contributed by atoms with E-state index in [4.69, 9.17) is 5.73 Å². The summed E-state index contributed by atoms with van der Waals surface area (Å²) in [5, 5.41) is 3.45. The molecule has 2 rings (SSSR count). The summed E-state index contributed by atoms with van der Waals surface area (Å²) in [6.07, 6.45) is 2.34. The van der Waals surface area contributed by atoms with Crippen LogP contribution in [-0.4, -0.2) is 4.98 Å². The van der Waals surface area contributed by atoms with Crippen LogP contribution >= 0.6 is 11.3 Å². The van der Waals surface area contributed by atoms with Crippen LogP contribution in [0, 0.1) is 11.8 Å². The van der Waals surface area contributed by atoms with Gasteiger partial charge in [0.2, 0.25) is 0 Å². The Morgan fingerprint density at radius 1 is 1.60 bits per heavy atom. The smallest absolute Gasteiger partial charge is 0.0962 e. The number of aromatic nitrogens is 1. The largest absolute Gasteiger partial charge is 0.323 e. The molecule has 3 atom stereocenters. The summed E-state index contributed by atoms with van der Waals surface area (Å²) in [4.78, 5) is 4.67. The Morgan fingerprint density at radius 3 is 2.80 bits per heavy atom. The lowest BCUT2D eigenvalue weighted by Crippen LogP contribution is -2.13. The molecule has 84 valence electrons. The third kappa shape index (κ3) is 2.58. The molecular weight excluding hydrogens is 204 g/mol. The first-order valence-corrected chi connectivity index (χ1v) is 6.66. The minimum absolute atomic E-state index is 0.129. The standard InChI is InChI=1S/C12H20N2S/c1-7(2)4-10(13)11-6-15-12(14-11)9-5-8(9)3/h6-10H,4-5,13H2,1-3H3. The second-order valence-corrected chi connectivity index (χ2v) is 6.06. The van der Waals surface area contributed by atoms with Crippen LogP contribution in [0.3, 0.4) is 0 Å². The fraction of sp³-hybridized carbons (Fsp3) is 0.750. The van der Waals surface area contributed by atoms with E-state index < -0.39 is 0 Å². The summed E-state index contributed by atoms with van der Waals surface area (Å²) in [7, 11) is 0. The second kappa shape index (κ2) is 4.22. The van der Waals surface area contributed by atoms with Gasteiger partial charge in [-0.1, -0.05) is 20.8 Å². The first-order chi connectivity index (χ1) is 7.08. The molecule has 3 unspecified atom stereocenters. The number of nitrogens with zero attached hydrogens (tertiary/aromatic N) is 1. The summed E-state index contributed by atoms with van der Waals surface area (Å²) in [5.41, 5.74) is 7.21. The van der Waals surface area contributed by atoms with Gasteiger partial charge in [-0.15, -0.1) is 11.3 Å². The fourth-order valence-corrected chi connectivity index (χ4v) is 3.07. The quantitative estimate of drug-likeness (QED) is 0.852. The summed E-state index contributed by atoms with van der Waals surface area (Å²) < 4.78 is 0. The van der Waals surface area contributed by atoms with Crippen molar-refractivity contribution in [2.75, 3.05) is 0 Å². The molecule has 1 aliphatic carbocycles. The van der Waals surface area contributed by atoms with Gasteiger partial charge in [-0.25, -0.2) is 4.98 Å². The van der Waals surface area contributed by atoms with E-state index in [2.05, 4.69) is 31.1 Å². The summed E-state index contributed by atoms with van der Waals surface area (Å²) in [6, 6.07) is 0.129. The highest BCUT2D eigenvalue weighted by molar-refractivity contribution is 7.09. The molecule has 0 amide bonds. The molecule has 0 aliphatic heterocycles. The number of nitrogens with two attached hydrogens (primary N) is 1. The lowest BCUT2D eigenvalue weighted by atomic mass is 10.0. The predicted octanol–water partition coefficient (Wildman–Crippen LogP) is 3.31. The molecular formula is C12H20N2S. The Hall–Kier alpha value is -0.410. The van der Waals surface area contributed by atoms with Gasteiger partial charge in [0.15, 0.2) is 0 Å². The molecule has 1 heterocycles. The monoisotopic (exact) mass is 224 g/mol. The van der Waals surface area contributed by atoms with E-state index in [0.717, 1.165) is 24.0 Å². The number of rotatable bonds is 4. The molecule has 0 bridgehead atoms. The Labute approximate surface area is 95.9 Å². The number of thiazole rings is 1. The van der Waals surface area contributed by atoms with Gasteiger partial charge in [0.1, 0.15) is 0 Å². The summed E-state index contributed by atoms with van der Waals surface area (Å²) in [5.74, 6) is 2.21. The zero-order valence-electron chi connectivity index (χ0n) is 9.73. The highest BCUT2D eigenvalue weighted by Crippen LogP contribution is 2.48. The van der Waals surface area contributed by atoms with Gasteiger partial charge in [0.05, 0.1) is 10.7 Å². The van der Waals surface area contributed by atoms with E-state index in [1.54, 1.807) is 11.3 Å². The maximum atomic E-state index is 6.11. The van der Waals surface area contributed by atoms with Gasteiger partial charge in [0, 0.05) is 17.3 Å². The van der Waals surface area contributed by atoms with Crippen molar-refractivity contribution in [1.29, 1.82) is 0 Å². The molecule has 2 nitrogen and oxygen atoms in total. The molecule has 1 aromatic heterocycles. The van der Waals surface area contributed by atoms with Crippen molar-refractivity contribution in [1.82, 2.24) is 4.98 Å². The van der Waals surface area contributed by atoms with Crippen LogP contribution < -0.4 is 5.73 Å². The highest BCUT2D eigenvalue weighted by atomic mass is 32.1. The van der Waals surface area contributed by atoms with Crippen LogP contribution in [0.25, 0.3) is 0 Å². The van der Waals surface area contributed by atoms with Crippen molar-refractivity contribution < 1.29 is 0 Å². The predicted molar refractivity (Wildman–Crippen MR) is 65.0 cm³/mol. The van der Waals surface area contributed by atoms with E-state index in [-0.39, 0.29) is 6.04 Å². The van der Waals surface area contributed by atoms with E-state index in [1.165, 1.54) is 11.4 Å². The van der Waals surface area contributed by atoms with Crippen LogP contribution in [0.1, 0.15) is 56.3 Å². The lowest BCUT2D eigenvalue weighted by Gasteiger charge is -2.10. The number of hydrogen-bond donors (Lipinski definition) is 1. The normalized spacial score (nSPS) is 27.0. The van der Waals surface area contributed by atoms with Gasteiger partial charge in [-0.05, 0) is 24.7 Å². The Bertz CT molecular complexity index is 332. The first kappa shape index (κ1) is 11.1. The van der Waals surface area contributed by atoms with Crippen molar-refractivity contribution in [3.63, 3.8) is 0 Å². The van der Waals surface area contributed by atoms with Crippen LogP contribution in [0.5, 0.6) is 0 Å². The Kier molecular flexibility index (Phi) is 3.12. The van der Waals surface area contributed by atoms with Crippen molar-refractivity contribution in [2.45, 2.75) is 45.6 Å². The summed E-state index contributed by atoms with van der Waals surface area (Å²) >= 11 is 1.79. The van der Waals surface area contributed by atoms with Crippen molar-refractivity contribution in [3.8, 4) is 0 Å². The van der Waals surface area contributed by atoms with Gasteiger partial charge < -0.3 is 5.73 Å². The summed E-state index contributed by atoms with van der Waals surface area (Å²) in [6.45, 7) is 6.70. The zero-order valence-corrected chi connectivity index (χ0v) is 10.6. The molecule has 1 saturated carbocycles. The van der Waals surface area contributed by atoms with Crippen LogP contribution in [-0.2, 0) is 0 Å². The maximum absolute atomic E-state index is 6.11. The van der Waals surface area contributed by atoms with E-state index in [9.17, 15) is 0 Å². The van der Waals surface area contributed by atoms with Gasteiger partial charge >= 0.3 is 0 Å². The zero-order chi connectivity index (χ0) is 11.0. The topological polar surface area (TPSA) is 38.9 Å². The molecule has 1 aromatic rings. The first-order valence-electron chi connectivity index (χ1n) is 5.78. The van der Waals surface area contributed by atoms with E-state index in [1.807, 2.05) is 0 Å². The minimum Gasteiger partial charge on any atom is -0.323 e. The number of hydrogen-bond acceptors (Lipinski definition) is 3. The Balaban J connectivity index is 2.00. The van der Waals surface area contributed by atoms with Crippen LogP contribution in [0.15, 0.2) is 5.38 Å². The average Bonchev–Trinajstić information content (AvgIpc) is 2.70. The molecule has 0 spiro atoms. The molecule has 15 heavy (non-hydrogen) atoms. The molecule has 1 aliphatic rings. The highest BCUT2D eigenvalue weighted by Gasteiger charge is 2.36. The second-order valence-electron chi connectivity index (χ2n) is 5.17. The molecule has 1 fully saturated rings. The van der Waals surface area contributed by atoms with Crippen molar-refractivity contribution >= 4 is 11.3 Å². The van der Waals surface area contributed by atoms with E-state index in [0.29, 0.717) is 5.92 Å². The fourth-order valence-electron chi connectivity index (χ4n) is 1.94.